The van der Waals surface area contributed by atoms with Gasteiger partial charge in [0.25, 0.3) is 23.3 Å². The first kappa shape index (κ1) is 44.3. The number of nitrogens with one attached hydrogen (secondary N) is 4. The van der Waals surface area contributed by atoms with Gasteiger partial charge in [-0.15, -0.1) is 0 Å². The van der Waals surface area contributed by atoms with Crippen molar-refractivity contribution in [1.29, 1.82) is 0 Å². The minimum absolute atomic E-state index is 0.0242. The Labute approximate surface area is 356 Å². The molecular weight excluding hydrogens is 840 g/mol. The van der Waals surface area contributed by atoms with Gasteiger partial charge in [0, 0.05) is 57.0 Å². The number of hydrogen-bond donors (Lipinski definition) is 4. The summed E-state index contributed by atoms with van der Waals surface area (Å²) in [7, 11) is 3.70. The number of piperidine rings is 2. The van der Waals surface area contributed by atoms with Gasteiger partial charge < -0.3 is 30.3 Å². The number of imide groups is 2. The van der Waals surface area contributed by atoms with E-state index in [2.05, 4.69) is 54.2 Å². The first-order chi connectivity index (χ1) is 28.9. The van der Waals surface area contributed by atoms with Gasteiger partial charge in [-0.2, -0.15) is 5.10 Å². The number of carbonyl (C=O) groups excluding carboxylic acids is 6. The number of Topliss-reactive ketones (excluding diaryl/α,β-unsaturated/α-hetero) is 1. The molecule has 320 valence electrons. The Morgan fingerprint density at radius 2 is 1.67 bits per heavy atom. The molecule has 18 heteroatoms. The van der Waals surface area contributed by atoms with Crippen LogP contribution in [0, 0.1) is 0 Å². The van der Waals surface area contributed by atoms with Gasteiger partial charge in [-0.05, 0) is 84.4 Å². The molecule has 3 atom stereocenters. The smallest absolute Gasteiger partial charge is 0.282 e. The van der Waals surface area contributed by atoms with Gasteiger partial charge in [0.05, 0.1) is 42.8 Å². The number of anilines is 2. The molecule has 60 heavy (non-hydrogen) atoms. The molecule has 3 aromatic rings. The van der Waals surface area contributed by atoms with Gasteiger partial charge in [-0.25, -0.2) is 4.68 Å². The van der Waals surface area contributed by atoms with Crippen molar-refractivity contribution in [3.05, 3.63) is 85.7 Å². The Bertz CT molecular complexity index is 2150. The summed E-state index contributed by atoms with van der Waals surface area (Å²) >= 11 is 3.40. The Hall–Kier alpha value is -5.30. The van der Waals surface area contributed by atoms with Crippen LogP contribution < -0.4 is 26.8 Å². The first-order valence-corrected chi connectivity index (χ1v) is 21.0. The number of likely N-dealkylation sites (N-methyl/N-ethyl adjacent to an activating group) is 1. The highest BCUT2D eigenvalue weighted by atomic mass is 79.9. The van der Waals surface area contributed by atoms with E-state index in [0.29, 0.717) is 41.2 Å². The van der Waals surface area contributed by atoms with E-state index in [1.165, 1.54) is 10.7 Å². The lowest BCUT2D eigenvalue weighted by atomic mass is 9.87. The summed E-state index contributed by atoms with van der Waals surface area (Å²) in [6, 6.07) is 11.5. The lowest BCUT2D eigenvalue weighted by Gasteiger charge is -2.37. The van der Waals surface area contributed by atoms with Crippen molar-refractivity contribution < 1.29 is 38.2 Å². The lowest BCUT2D eigenvalue weighted by molar-refractivity contribution is -0.136. The van der Waals surface area contributed by atoms with Gasteiger partial charge in [-0.3, -0.25) is 43.8 Å². The molecule has 0 aliphatic carbocycles. The van der Waals surface area contributed by atoms with Crippen LogP contribution in [0.15, 0.2) is 57.9 Å². The van der Waals surface area contributed by atoms with Crippen molar-refractivity contribution >= 4 is 62.6 Å². The molecule has 1 unspecified atom stereocenters. The van der Waals surface area contributed by atoms with E-state index in [0.717, 1.165) is 55.7 Å². The molecular formula is C42H51BrN8O9. The molecule has 2 aromatic carbocycles. The first-order valence-electron chi connectivity index (χ1n) is 20.2. The fourth-order valence-corrected chi connectivity index (χ4v) is 8.18. The van der Waals surface area contributed by atoms with Crippen molar-refractivity contribution in [2.45, 2.75) is 62.9 Å². The third kappa shape index (κ3) is 11.1. The molecule has 0 spiro atoms. The van der Waals surface area contributed by atoms with Crippen LogP contribution in [0.1, 0.15) is 87.5 Å². The molecule has 4 N–H and O–H groups in total. The molecule has 2 fully saturated rings. The van der Waals surface area contributed by atoms with Crippen molar-refractivity contribution in [1.82, 2.24) is 30.2 Å². The number of halogens is 1. The van der Waals surface area contributed by atoms with E-state index >= 15 is 0 Å². The number of ketones is 1. The third-order valence-corrected chi connectivity index (χ3v) is 11.6. The van der Waals surface area contributed by atoms with E-state index in [9.17, 15) is 33.6 Å². The summed E-state index contributed by atoms with van der Waals surface area (Å²) in [5.41, 5.74) is 2.78. The molecule has 0 bridgehead atoms. The number of carbonyl (C=O) groups is 6. The molecule has 3 aliphatic heterocycles. The highest BCUT2D eigenvalue weighted by Crippen LogP contribution is 2.33. The van der Waals surface area contributed by atoms with Crippen LogP contribution in [0.3, 0.4) is 0 Å². The summed E-state index contributed by atoms with van der Waals surface area (Å²) in [4.78, 5) is 90.8. The molecule has 17 nitrogen and oxygen atoms in total. The van der Waals surface area contributed by atoms with Crippen LogP contribution in [0.25, 0.3) is 0 Å². The number of aromatic nitrogens is 2. The van der Waals surface area contributed by atoms with Crippen molar-refractivity contribution in [2.24, 2.45) is 7.05 Å². The van der Waals surface area contributed by atoms with Crippen LogP contribution in [0.2, 0.25) is 0 Å². The third-order valence-electron chi connectivity index (χ3n) is 10.8. The number of likely N-dealkylation sites (tertiary alicyclic amines) is 1. The van der Waals surface area contributed by atoms with Crippen molar-refractivity contribution in [2.75, 3.05) is 70.3 Å². The number of fused-ring (bicyclic) bond motifs is 1. The largest absolute Gasteiger partial charge is 0.379 e. The summed E-state index contributed by atoms with van der Waals surface area (Å²) < 4.78 is 12.8. The predicted octanol–water partition coefficient (Wildman–Crippen LogP) is 2.85. The van der Waals surface area contributed by atoms with E-state index in [1.807, 2.05) is 24.3 Å². The van der Waals surface area contributed by atoms with Crippen molar-refractivity contribution in [3.8, 4) is 0 Å². The fourth-order valence-electron chi connectivity index (χ4n) is 7.70. The van der Waals surface area contributed by atoms with E-state index in [4.69, 9.17) is 9.47 Å². The zero-order valence-electron chi connectivity index (χ0n) is 33.8. The van der Waals surface area contributed by atoms with Crippen LogP contribution >= 0.6 is 15.9 Å². The zero-order valence-corrected chi connectivity index (χ0v) is 35.4. The molecule has 4 heterocycles. The van der Waals surface area contributed by atoms with E-state index < -0.39 is 29.7 Å². The second-order valence-corrected chi connectivity index (χ2v) is 16.1. The Morgan fingerprint density at radius 1 is 0.900 bits per heavy atom. The topological polar surface area (TPSA) is 210 Å². The second kappa shape index (κ2) is 20.8. The van der Waals surface area contributed by atoms with E-state index in [1.54, 1.807) is 25.4 Å². The summed E-state index contributed by atoms with van der Waals surface area (Å²) in [6.07, 6.45) is 6.20. The SMILES string of the molecule is CN1C[C@H](Nc2cnn(C)c(=O)c2Br)C[C@H](c2ccc(C(=O)NCCCCCCOCCOCC(=O)CNc3cccc4c3C(=O)N(C3CCC(=O)NC3=O)C4=O)cc2)C1. The standard InChI is InChI=1S/C42H51BrN8O9/c1-49-23-28(20-29(24-49)47-33-22-46-50(2)42(58)37(33)43)26-10-12-27(13-11-26)38(54)44-16-5-3-4-6-17-59-18-19-60-25-30(52)21-45-32-9-7-8-31-36(32)41(57)51(40(31)56)34-14-15-35(53)48-39(34)55/h7-13,22,28-29,34,45,47H,3-6,14-21,23-25H2,1-2H3,(H,44,54)(H,48,53,55)/t28-,29+,34?/m0/s1. The zero-order chi connectivity index (χ0) is 42.8. The number of rotatable bonds is 20. The molecule has 6 rings (SSSR count). The minimum atomic E-state index is -1.07. The Kier molecular flexibility index (Phi) is 15.3. The van der Waals surface area contributed by atoms with Gasteiger partial charge in [0.15, 0.2) is 5.78 Å². The summed E-state index contributed by atoms with van der Waals surface area (Å²) in [5, 5.41) is 15.7. The molecule has 2 saturated heterocycles. The average molecular weight is 892 g/mol. The van der Waals surface area contributed by atoms with Gasteiger partial charge in [0.1, 0.15) is 17.1 Å². The number of nitrogens with zero attached hydrogens (tertiary/aromatic N) is 4. The van der Waals surface area contributed by atoms with Crippen LogP contribution in [0.5, 0.6) is 0 Å². The highest BCUT2D eigenvalue weighted by Gasteiger charge is 2.45. The monoisotopic (exact) mass is 890 g/mol. The quantitative estimate of drug-likeness (QED) is 0.0952. The molecule has 1 aromatic heterocycles. The van der Waals surface area contributed by atoms with Gasteiger partial charge in [-0.1, -0.05) is 31.0 Å². The number of hydrogen-bond acceptors (Lipinski definition) is 13. The average Bonchev–Trinajstić information content (AvgIpc) is 3.49. The van der Waals surface area contributed by atoms with Crippen LogP contribution in [-0.2, 0) is 30.9 Å². The van der Waals surface area contributed by atoms with Gasteiger partial charge in [0.2, 0.25) is 11.8 Å². The van der Waals surface area contributed by atoms with Crippen LogP contribution in [-0.4, -0.2) is 127 Å². The van der Waals surface area contributed by atoms with E-state index in [-0.39, 0.29) is 72.9 Å². The Balaban J connectivity index is 0.796. The molecule has 0 radical (unpaired) electrons. The number of unbranched alkanes of at least 4 members (excludes halogenated alkanes) is 3. The number of aryl methyl sites for hydroxylation is 1. The summed E-state index contributed by atoms with van der Waals surface area (Å²) in [6.45, 7) is 3.11. The van der Waals surface area contributed by atoms with Crippen LogP contribution in [0.4, 0.5) is 11.4 Å². The second-order valence-electron chi connectivity index (χ2n) is 15.3. The molecule has 3 aliphatic rings. The highest BCUT2D eigenvalue weighted by molar-refractivity contribution is 9.10. The normalized spacial score (nSPS) is 19.2. The Morgan fingerprint density at radius 3 is 2.45 bits per heavy atom. The maximum absolute atomic E-state index is 13.2. The fraction of sp³-hybridized carbons (Fsp3) is 0.476. The maximum atomic E-state index is 13.2. The molecule has 5 amide bonds. The van der Waals surface area contributed by atoms with Crippen molar-refractivity contribution in [3.63, 3.8) is 0 Å². The van der Waals surface area contributed by atoms with Gasteiger partial charge >= 0.3 is 0 Å². The number of benzene rings is 2. The molecule has 0 saturated carbocycles. The lowest BCUT2D eigenvalue weighted by Crippen LogP contribution is -2.54. The maximum Gasteiger partial charge on any atom is 0.282 e. The predicted molar refractivity (Wildman–Crippen MR) is 225 cm³/mol. The number of amides is 5. The minimum Gasteiger partial charge on any atom is -0.379 e. The summed E-state index contributed by atoms with van der Waals surface area (Å²) in [5.74, 6) is -2.51. The number of ether oxygens (including phenoxy) is 2.